The second-order valence-electron chi connectivity index (χ2n) is 3.72. The Kier molecular flexibility index (Phi) is 5.59. The van der Waals surface area contributed by atoms with Gasteiger partial charge >= 0.3 is 6.18 Å². The zero-order chi connectivity index (χ0) is 14.3. The molecule has 4 nitrogen and oxygen atoms in total. The minimum absolute atomic E-state index is 0.0812. The van der Waals surface area contributed by atoms with Crippen molar-refractivity contribution in [2.24, 2.45) is 0 Å². The number of anilines is 1. The first kappa shape index (κ1) is 15.3. The van der Waals surface area contributed by atoms with Crippen LogP contribution in [0.25, 0.3) is 0 Å². The van der Waals surface area contributed by atoms with Crippen LogP contribution in [0.3, 0.4) is 0 Å². The van der Waals surface area contributed by atoms with Crippen molar-refractivity contribution in [3.8, 4) is 5.88 Å². The number of hydrogen-bond acceptors (Lipinski definition) is 4. The summed E-state index contributed by atoms with van der Waals surface area (Å²) in [6.45, 7) is 6.01. The fourth-order valence-corrected chi connectivity index (χ4v) is 1.29. The molecule has 0 aliphatic rings. The van der Waals surface area contributed by atoms with Crippen LogP contribution in [-0.4, -0.2) is 23.1 Å². The third kappa shape index (κ3) is 5.15. The molecule has 0 spiro atoms. The van der Waals surface area contributed by atoms with Crippen LogP contribution in [0.2, 0.25) is 0 Å². The van der Waals surface area contributed by atoms with Crippen molar-refractivity contribution in [1.29, 1.82) is 0 Å². The molecular weight excluding hydrogens is 259 g/mol. The summed E-state index contributed by atoms with van der Waals surface area (Å²) >= 11 is 0. The minimum atomic E-state index is -4.52. The monoisotopic (exact) mass is 275 g/mol. The highest BCUT2D eigenvalue weighted by Crippen LogP contribution is 2.30. The van der Waals surface area contributed by atoms with E-state index in [-0.39, 0.29) is 18.4 Å². The normalized spacial score (nSPS) is 11.2. The van der Waals surface area contributed by atoms with Crippen LogP contribution >= 0.6 is 0 Å². The highest BCUT2D eigenvalue weighted by molar-refractivity contribution is 5.31. The molecule has 0 saturated carbocycles. The Hall–Kier alpha value is -1.79. The van der Waals surface area contributed by atoms with E-state index in [0.29, 0.717) is 13.0 Å². The molecule has 0 amide bonds. The molecule has 19 heavy (non-hydrogen) atoms. The molecule has 0 unspecified atom stereocenters. The third-order valence-electron chi connectivity index (χ3n) is 2.13. The van der Waals surface area contributed by atoms with Crippen molar-refractivity contribution in [1.82, 2.24) is 9.97 Å². The molecule has 0 aliphatic heterocycles. The summed E-state index contributed by atoms with van der Waals surface area (Å²) in [4.78, 5) is 7.26. The van der Waals surface area contributed by atoms with Gasteiger partial charge in [0.05, 0.1) is 6.61 Å². The summed E-state index contributed by atoms with van der Waals surface area (Å²) in [5.41, 5.74) is -1.02. The van der Waals surface area contributed by atoms with Crippen molar-refractivity contribution in [3.63, 3.8) is 0 Å². The van der Waals surface area contributed by atoms with Crippen molar-refractivity contribution in [2.75, 3.05) is 18.5 Å². The summed E-state index contributed by atoms with van der Waals surface area (Å²) in [6, 6.07) is 0.800. The SMILES string of the molecule is C=CCCCOc1cc(C(F)(F)F)nc(NCC)n1. The first-order chi connectivity index (χ1) is 8.97. The molecule has 106 valence electrons. The standard InChI is InChI=1S/C12H16F3N3O/c1-3-5-6-7-19-10-8-9(12(13,14)15)17-11(18-10)16-4-2/h3,8H,1,4-7H2,2H3,(H,16,17,18). The first-order valence-electron chi connectivity index (χ1n) is 5.91. The van der Waals surface area contributed by atoms with Crippen molar-refractivity contribution < 1.29 is 17.9 Å². The average molecular weight is 275 g/mol. The highest BCUT2D eigenvalue weighted by Gasteiger charge is 2.34. The number of aromatic nitrogens is 2. The molecule has 0 bridgehead atoms. The maximum absolute atomic E-state index is 12.6. The van der Waals surface area contributed by atoms with E-state index in [4.69, 9.17) is 4.74 Å². The Morgan fingerprint density at radius 1 is 1.42 bits per heavy atom. The molecule has 0 saturated heterocycles. The maximum Gasteiger partial charge on any atom is 0.433 e. The second kappa shape index (κ2) is 6.96. The number of hydrogen-bond donors (Lipinski definition) is 1. The Balaban J connectivity index is 2.83. The number of allylic oxidation sites excluding steroid dienone is 1. The number of nitrogens with one attached hydrogen (secondary N) is 1. The van der Waals surface area contributed by atoms with Crippen molar-refractivity contribution in [3.05, 3.63) is 24.4 Å². The number of unbranched alkanes of at least 4 members (excludes halogenated alkanes) is 1. The smallest absolute Gasteiger partial charge is 0.433 e. The van der Waals surface area contributed by atoms with Gasteiger partial charge in [0.25, 0.3) is 0 Å². The van der Waals surface area contributed by atoms with Gasteiger partial charge in [0, 0.05) is 12.6 Å². The summed E-state index contributed by atoms with van der Waals surface area (Å²) in [7, 11) is 0. The van der Waals surface area contributed by atoms with E-state index in [1.165, 1.54) is 0 Å². The van der Waals surface area contributed by atoms with Crippen molar-refractivity contribution >= 4 is 5.95 Å². The number of nitrogens with zero attached hydrogens (tertiary/aromatic N) is 2. The predicted octanol–water partition coefficient (Wildman–Crippen LogP) is 3.27. The topological polar surface area (TPSA) is 47.0 Å². The van der Waals surface area contributed by atoms with Crippen LogP contribution in [0.15, 0.2) is 18.7 Å². The van der Waals surface area contributed by atoms with Gasteiger partial charge in [-0.3, -0.25) is 0 Å². The lowest BCUT2D eigenvalue weighted by Gasteiger charge is -2.11. The predicted molar refractivity (Wildman–Crippen MR) is 66.1 cm³/mol. The van der Waals surface area contributed by atoms with E-state index in [2.05, 4.69) is 21.9 Å². The molecule has 7 heteroatoms. The molecule has 0 aliphatic carbocycles. The lowest BCUT2D eigenvalue weighted by Crippen LogP contribution is -2.13. The molecule has 0 radical (unpaired) electrons. The van der Waals surface area contributed by atoms with Crippen molar-refractivity contribution in [2.45, 2.75) is 25.9 Å². The second-order valence-corrected chi connectivity index (χ2v) is 3.72. The molecule has 0 aromatic carbocycles. The molecule has 1 aromatic heterocycles. The van der Waals surface area contributed by atoms with E-state index in [0.717, 1.165) is 12.5 Å². The molecular formula is C12H16F3N3O. The van der Waals surface area contributed by atoms with Gasteiger partial charge in [0.15, 0.2) is 5.69 Å². The van der Waals surface area contributed by atoms with Crippen LogP contribution < -0.4 is 10.1 Å². The maximum atomic E-state index is 12.6. The number of halogens is 3. The van der Waals surface area contributed by atoms with Gasteiger partial charge in [0.1, 0.15) is 0 Å². The van der Waals surface area contributed by atoms with Gasteiger partial charge in [0.2, 0.25) is 11.8 Å². The number of ether oxygens (including phenoxy) is 1. The summed E-state index contributed by atoms with van der Waals surface area (Å²) in [5.74, 6) is -0.168. The largest absolute Gasteiger partial charge is 0.478 e. The van der Waals surface area contributed by atoms with Crippen LogP contribution in [-0.2, 0) is 6.18 Å². The molecule has 1 heterocycles. The molecule has 0 fully saturated rings. The molecule has 1 aromatic rings. The van der Waals surface area contributed by atoms with E-state index in [1.54, 1.807) is 13.0 Å². The van der Waals surface area contributed by atoms with Gasteiger partial charge in [-0.2, -0.15) is 18.2 Å². The fraction of sp³-hybridized carbons (Fsp3) is 0.500. The van der Waals surface area contributed by atoms with Crippen LogP contribution in [0.1, 0.15) is 25.5 Å². The third-order valence-corrected chi connectivity index (χ3v) is 2.13. The van der Waals surface area contributed by atoms with Crippen LogP contribution in [0.5, 0.6) is 5.88 Å². The summed E-state index contributed by atoms with van der Waals surface area (Å²) in [5, 5.41) is 2.64. The Bertz CT molecular complexity index is 421. The Morgan fingerprint density at radius 2 is 2.16 bits per heavy atom. The molecule has 1 N–H and O–H groups in total. The molecule has 1 rings (SSSR count). The lowest BCUT2D eigenvalue weighted by atomic mass is 10.3. The van der Waals surface area contributed by atoms with E-state index >= 15 is 0 Å². The average Bonchev–Trinajstić information content (AvgIpc) is 2.34. The summed E-state index contributed by atoms with van der Waals surface area (Å²) in [6.07, 6.45) is -1.40. The Labute approximate surface area is 109 Å². The quantitative estimate of drug-likeness (QED) is 0.613. The van der Waals surface area contributed by atoms with Gasteiger partial charge in [-0.25, -0.2) is 4.98 Å². The zero-order valence-corrected chi connectivity index (χ0v) is 10.6. The van der Waals surface area contributed by atoms with E-state index < -0.39 is 11.9 Å². The summed E-state index contributed by atoms with van der Waals surface area (Å²) < 4.78 is 43.1. The zero-order valence-electron chi connectivity index (χ0n) is 10.6. The van der Waals surface area contributed by atoms with Gasteiger partial charge < -0.3 is 10.1 Å². The highest BCUT2D eigenvalue weighted by atomic mass is 19.4. The minimum Gasteiger partial charge on any atom is -0.478 e. The number of alkyl halides is 3. The van der Waals surface area contributed by atoms with E-state index in [1.807, 2.05) is 0 Å². The van der Waals surface area contributed by atoms with E-state index in [9.17, 15) is 13.2 Å². The van der Waals surface area contributed by atoms with Gasteiger partial charge in [-0.05, 0) is 19.8 Å². The first-order valence-corrected chi connectivity index (χ1v) is 5.91. The van der Waals surface area contributed by atoms with Gasteiger partial charge in [-0.15, -0.1) is 6.58 Å². The van der Waals surface area contributed by atoms with Crippen LogP contribution in [0, 0.1) is 0 Å². The fourth-order valence-electron chi connectivity index (χ4n) is 1.29. The molecule has 0 atom stereocenters. The number of rotatable bonds is 7. The lowest BCUT2D eigenvalue weighted by molar-refractivity contribution is -0.141. The van der Waals surface area contributed by atoms with Gasteiger partial charge in [-0.1, -0.05) is 6.08 Å². The van der Waals surface area contributed by atoms with Crippen LogP contribution in [0.4, 0.5) is 19.1 Å². The Morgan fingerprint density at radius 3 is 2.74 bits per heavy atom.